The Morgan fingerprint density at radius 2 is 1.88 bits per heavy atom. The van der Waals surface area contributed by atoms with Gasteiger partial charge >= 0.3 is 10.1 Å². The minimum atomic E-state index is -3.76. The van der Waals surface area contributed by atoms with E-state index >= 15 is 0 Å². The molecule has 0 heterocycles. The molecule has 1 rings (SSSR count). The number of rotatable bonds is 4. The van der Waals surface area contributed by atoms with E-state index in [4.69, 9.17) is 5.73 Å². The molecule has 0 atom stereocenters. The molecule has 6 nitrogen and oxygen atoms in total. The molecule has 0 saturated carbocycles. The molecule has 1 amide bonds. The summed E-state index contributed by atoms with van der Waals surface area (Å²) in [5.74, 6) is -0.866. The summed E-state index contributed by atoms with van der Waals surface area (Å²) in [6.07, 6.45) is 0.820. The third kappa shape index (κ3) is 3.70. The highest BCUT2D eigenvalue weighted by atomic mass is 32.2. The van der Waals surface area contributed by atoms with Gasteiger partial charge in [-0.05, 0) is 0 Å². The van der Waals surface area contributed by atoms with Crippen molar-refractivity contribution in [2.24, 2.45) is 10.9 Å². The lowest BCUT2D eigenvalue weighted by atomic mass is 10.1. The number of hydrogen-bond acceptors (Lipinski definition) is 5. The zero-order valence-corrected chi connectivity index (χ0v) is 9.27. The predicted molar refractivity (Wildman–Crippen MR) is 58.1 cm³/mol. The summed E-state index contributed by atoms with van der Waals surface area (Å²) in [7, 11) is -3.76. The van der Waals surface area contributed by atoms with Gasteiger partial charge in [0.05, 0.1) is 6.26 Å². The number of amides is 1. The molecule has 16 heavy (non-hydrogen) atoms. The summed E-state index contributed by atoms with van der Waals surface area (Å²) in [5.41, 5.74) is 5.20. The van der Waals surface area contributed by atoms with Crippen LogP contribution in [0.3, 0.4) is 0 Å². The Hall–Kier alpha value is -1.89. The molecule has 1 aromatic carbocycles. The SMILES string of the molecule is CS(=O)(=O)ON=C(C(N)=O)c1ccccc1. The zero-order valence-electron chi connectivity index (χ0n) is 8.45. The van der Waals surface area contributed by atoms with Gasteiger partial charge in [-0.15, -0.1) is 0 Å². The molecule has 1 aromatic rings. The van der Waals surface area contributed by atoms with E-state index in [0.29, 0.717) is 5.56 Å². The number of hydrogen-bond donors (Lipinski definition) is 1. The molecule has 7 heteroatoms. The number of oxime groups is 1. The number of benzene rings is 1. The topological polar surface area (TPSA) is 98.8 Å². The van der Waals surface area contributed by atoms with Crippen molar-refractivity contribution in [3.8, 4) is 0 Å². The Balaban J connectivity index is 3.07. The Kier molecular flexibility index (Phi) is 3.62. The third-order valence-electron chi connectivity index (χ3n) is 1.54. The normalized spacial score (nSPS) is 12.2. The first-order chi connectivity index (χ1) is 7.40. The van der Waals surface area contributed by atoms with Gasteiger partial charge in [0.25, 0.3) is 5.91 Å². The highest BCUT2D eigenvalue weighted by Gasteiger charge is 2.12. The third-order valence-corrected chi connectivity index (χ3v) is 1.89. The summed E-state index contributed by atoms with van der Waals surface area (Å²) in [5, 5.41) is 3.22. The smallest absolute Gasteiger partial charge is 0.325 e. The van der Waals surface area contributed by atoms with Crippen LogP contribution in [0.4, 0.5) is 0 Å². The quantitative estimate of drug-likeness (QED) is 0.586. The van der Waals surface area contributed by atoms with E-state index in [9.17, 15) is 13.2 Å². The molecule has 2 N–H and O–H groups in total. The van der Waals surface area contributed by atoms with Crippen molar-refractivity contribution in [3.63, 3.8) is 0 Å². The van der Waals surface area contributed by atoms with Gasteiger partial charge in [0.1, 0.15) is 0 Å². The standard InChI is InChI=1S/C9H10N2O4S/c1-16(13,14)15-11-8(9(10)12)7-5-3-2-4-6-7/h2-6H,1H3,(H2,10,12). The fourth-order valence-corrected chi connectivity index (χ4v) is 1.15. The number of nitrogens with zero attached hydrogens (tertiary/aromatic N) is 1. The monoisotopic (exact) mass is 242 g/mol. The maximum Gasteiger partial charge on any atom is 0.325 e. The van der Waals surface area contributed by atoms with Gasteiger partial charge in [-0.1, -0.05) is 35.5 Å². The van der Waals surface area contributed by atoms with E-state index in [-0.39, 0.29) is 5.71 Å². The van der Waals surface area contributed by atoms with Crippen LogP contribution in [0.15, 0.2) is 35.5 Å². The van der Waals surface area contributed by atoms with E-state index in [1.54, 1.807) is 30.3 Å². The average molecular weight is 242 g/mol. The molecule has 0 radical (unpaired) electrons. The van der Waals surface area contributed by atoms with Gasteiger partial charge in [-0.2, -0.15) is 8.42 Å². The molecule has 0 fully saturated rings. The van der Waals surface area contributed by atoms with E-state index in [1.165, 1.54) is 0 Å². The summed E-state index contributed by atoms with van der Waals surface area (Å²) in [6.45, 7) is 0. The highest BCUT2D eigenvalue weighted by Crippen LogP contribution is 2.02. The van der Waals surface area contributed by atoms with Crippen LogP contribution in [0.5, 0.6) is 0 Å². The number of nitrogens with two attached hydrogens (primary N) is 1. The minimum absolute atomic E-state index is 0.244. The fourth-order valence-electron chi connectivity index (χ4n) is 0.941. The fraction of sp³-hybridized carbons (Fsp3) is 0.111. The molecule has 0 spiro atoms. The van der Waals surface area contributed by atoms with Crippen LogP contribution in [-0.4, -0.2) is 26.3 Å². The maximum absolute atomic E-state index is 11.0. The number of primary amides is 1. The van der Waals surface area contributed by atoms with Crippen molar-refractivity contribution in [1.82, 2.24) is 0 Å². The van der Waals surface area contributed by atoms with E-state index in [1.807, 2.05) is 0 Å². The Morgan fingerprint density at radius 1 is 1.31 bits per heavy atom. The lowest BCUT2D eigenvalue weighted by Gasteiger charge is -2.01. The van der Waals surface area contributed by atoms with E-state index < -0.39 is 16.0 Å². The Morgan fingerprint density at radius 3 is 2.31 bits per heavy atom. The first kappa shape index (κ1) is 12.2. The van der Waals surface area contributed by atoms with E-state index in [2.05, 4.69) is 9.44 Å². The summed E-state index contributed by atoms with van der Waals surface area (Å²) in [6, 6.07) is 8.19. The molecule has 0 aliphatic rings. The molecule has 86 valence electrons. The van der Waals surface area contributed by atoms with Crippen LogP contribution >= 0.6 is 0 Å². The molecule has 0 bridgehead atoms. The Labute approximate surface area is 92.8 Å². The van der Waals surface area contributed by atoms with Crippen molar-refractivity contribution in [2.45, 2.75) is 0 Å². The van der Waals surface area contributed by atoms with Crippen molar-refractivity contribution >= 4 is 21.7 Å². The Bertz CT molecular complexity index is 508. The maximum atomic E-state index is 11.0. The molecule has 0 aliphatic carbocycles. The number of carbonyl (C=O) groups is 1. The molecular formula is C9H10N2O4S. The highest BCUT2D eigenvalue weighted by molar-refractivity contribution is 7.85. The number of carbonyl (C=O) groups excluding carboxylic acids is 1. The molecule has 0 saturated heterocycles. The van der Waals surface area contributed by atoms with Gasteiger partial charge in [0.2, 0.25) is 0 Å². The predicted octanol–water partition coefficient (Wildman–Crippen LogP) is -0.148. The van der Waals surface area contributed by atoms with Crippen LogP contribution in [0.25, 0.3) is 0 Å². The first-order valence-electron chi connectivity index (χ1n) is 4.22. The van der Waals surface area contributed by atoms with Crippen molar-refractivity contribution in [2.75, 3.05) is 6.26 Å². The average Bonchev–Trinajstić information content (AvgIpc) is 2.17. The van der Waals surface area contributed by atoms with Gasteiger partial charge in [-0.3, -0.25) is 9.08 Å². The molecule has 0 aromatic heterocycles. The summed E-state index contributed by atoms with van der Waals surface area (Å²) in [4.78, 5) is 11.0. The lowest BCUT2D eigenvalue weighted by Crippen LogP contribution is -2.24. The van der Waals surface area contributed by atoms with Gasteiger partial charge in [0.15, 0.2) is 5.71 Å². The second kappa shape index (κ2) is 4.75. The van der Waals surface area contributed by atoms with Crippen LogP contribution < -0.4 is 5.73 Å². The molecular weight excluding hydrogens is 232 g/mol. The van der Waals surface area contributed by atoms with Crippen molar-refractivity contribution in [1.29, 1.82) is 0 Å². The van der Waals surface area contributed by atoms with Gasteiger partial charge in [-0.25, -0.2) is 0 Å². The van der Waals surface area contributed by atoms with Crippen molar-refractivity contribution < 1.29 is 17.5 Å². The van der Waals surface area contributed by atoms with Gasteiger partial charge < -0.3 is 5.73 Å². The minimum Gasteiger partial charge on any atom is -0.364 e. The van der Waals surface area contributed by atoms with Crippen LogP contribution in [0, 0.1) is 0 Å². The van der Waals surface area contributed by atoms with Gasteiger partial charge in [0, 0.05) is 5.56 Å². The largest absolute Gasteiger partial charge is 0.364 e. The van der Waals surface area contributed by atoms with Crippen LogP contribution in [0.1, 0.15) is 5.56 Å². The zero-order chi connectivity index (χ0) is 12.2. The first-order valence-corrected chi connectivity index (χ1v) is 6.03. The van der Waals surface area contributed by atoms with Crippen LogP contribution in [0.2, 0.25) is 0 Å². The summed E-state index contributed by atoms with van der Waals surface area (Å²) < 4.78 is 25.6. The van der Waals surface area contributed by atoms with Crippen molar-refractivity contribution in [3.05, 3.63) is 35.9 Å². The molecule has 0 aliphatic heterocycles. The summed E-state index contributed by atoms with van der Waals surface area (Å²) >= 11 is 0. The second-order valence-electron chi connectivity index (χ2n) is 2.95. The molecule has 0 unspecified atom stereocenters. The van der Waals surface area contributed by atoms with Crippen LogP contribution in [-0.2, 0) is 19.2 Å². The second-order valence-corrected chi connectivity index (χ2v) is 4.51. The van der Waals surface area contributed by atoms with E-state index in [0.717, 1.165) is 6.26 Å². The lowest BCUT2D eigenvalue weighted by molar-refractivity contribution is -0.112.